The van der Waals surface area contributed by atoms with Crippen LogP contribution in [-0.4, -0.2) is 44.3 Å². The monoisotopic (exact) mass is 403 g/mol. The van der Waals surface area contributed by atoms with Gasteiger partial charge in [-0.05, 0) is 44.0 Å². The van der Waals surface area contributed by atoms with Gasteiger partial charge in [0.25, 0.3) is 0 Å². The first-order chi connectivity index (χ1) is 11.9. The van der Waals surface area contributed by atoms with Crippen LogP contribution in [0.4, 0.5) is 0 Å². The highest BCUT2D eigenvalue weighted by Gasteiger charge is 2.22. The Morgan fingerprint density at radius 1 is 1.27 bits per heavy atom. The molecule has 0 radical (unpaired) electrons. The van der Waals surface area contributed by atoms with Crippen molar-refractivity contribution in [1.29, 1.82) is 0 Å². The lowest BCUT2D eigenvalue weighted by Gasteiger charge is -2.20. The van der Waals surface area contributed by atoms with Crippen molar-refractivity contribution < 1.29 is 13.2 Å². The van der Waals surface area contributed by atoms with Gasteiger partial charge in [-0.2, -0.15) is 4.31 Å². The van der Waals surface area contributed by atoms with E-state index in [4.69, 9.17) is 0 Å². The van der Waals surface area contributed by atoms with Crippen LogP contribution in [0.15, 0.2) is 29.2 Å². The van der Waals surface area contributed by atoms with Gasteiger partial charge in [0, 0.05) is 25.6 Å². The molecule has 6 nitrogen and oxygen atoms in total. The second-order valence-electron chi connectivity index (χ2n) is 6.44. The zero-order valence-electron chi connectivity index (χ0n) is 15.7. The van der Waals surface area contributed by atoms with Crippen LogP contribution in [0, 0.1) is 0 Å². The molecule has 1 saturated heterocycles. The Morgan fingerprint density at radius 3 is 2.38 bits per heavy atom. The van der Waals surface area contributed by atoms with Gasteiger partial charge in [-0.25, -0.2) is 8.42 Å². The Hall–Kier alpha value is -1.15. The van der Waals surface area contributed by atoms with Gasteiger partial charge >= 0.3 is 0 Å². The van der Waals surface area contributed by atoms with Crippen molar-refractivity contribution in [2.45, 2.75) is 57.0 Å². The number of carbonyl (C=O) groups is 1. The molecule has 2 N–H and O–H groups in total. The molecule has 1 aromatic rings. The van der Waals surface area contributed by atoms with Crippen LogP contribution in [0.2, 0.25) is 0 Å². The van der Waals surface area contributed by atoms with E-state index in [1.807, 2.05) is 20.8 Å². The molecule has 8 heteroatoms. The molecule has 2 atom stereocenters. The summed E-state index contributed by atoms with van der Waals surface area (Å²) in [6, 6.07) is 6.89. The van der Waals surface area contributed by atoms with Crippen molar-refractivity contribution in [3.63, 3.8) is 0 Å². The van der Waals surface area contributed by atoms with Crippen LogP contribution >= 0.6 is 12.4 Å². The number of hydrogen-bond acceptors (Lipinski definition) is 4. The fourth-order valence-electron chi connectivity index (χ4n) is 3.18. The Balaban J connectivity index is 0.00000338. The van der Waals surface area contributed by atoms with E-state index in [-0.39, 0.29) is 35.3 Å². The van der Waals surface area contributed by atoms with Crippen LogP contribution in [0.3, 0.4) is 0 Å². The largest absolute Gasteiger partial charge is 0.350 e. The first-order valence-electron chi connectivity index (χ1n) is 9.01. The summed E-state index contributed by atoms with van der Waals surface area (Å²) in [5.74, 6) is 0.0201. The zero-order valence-corrected chi connectivity index (χ0v) is 17.3. The summed E-state index contributed by atoms with van der Waals surface area (Å²) in [6.07, 6.45) is 2.65. The predicted molar refractivity (Wildman–Crippen MR) is 106 cm³/mol. The molecule has 0 bridgehead atoms. The molecule has 1 fully saturated rings. The van der Waals surface area contributed by atoms with Crippen molar-refractivity contribution >= 4 is 28.3 Å². The van der Waals surface area contributed by atoms with Gasteiger partial charge in [0.1, 0.15) is 0 Å². The number of amides is 1. The molecular weight excluding hydrogens is 374 g/mol. The first kappa shape index (κ1) is 22.9. The number of sulfonamides is 1. The van der Waals surface area contributed by atoms with E-state index in [2.05, 4.69) is 10.6 Å². The van der Waals surface area contributed by atoms with E-state index in [1.54, 1.807) is 24.3 Å². The fraction of sp³-hybridized carbons (Fsp3) is 0.611. The molecule has 1 aliphatic heterocycles. The molecule has 0 aliphatic carbocycles. The maximum Gasteiger partial charge on any atom is 0.243 e. The Bertz CT molecular complexity index is 669. The lowest BCUT2D eigenvalue weighted by atomic mass is 10.1. The third kappa shape index (κ3) is 5.67. The van der Waals surface area contributed by atoms with E-state index < -0.39 is 10.0 Å². The van der Waals surface area contributed by atoms with Gasteiger partial charge in [0.05, 0.1) is 10.9 Å². The number of carbonyl (C=O) groups excluding carboxylic acids is 1. The van der Waals surface area contributed by atoms with Crippen molar-refractivity contribution in [3.05, 3.63) is 29.8 Å². The minimum Gasteiger partial charge on any atom is -0.350 e. The van der Waals surface area contributed by atoms with Crippen molar-refractivity contribution in [1.82, 2.24) is 14.9 Å². The highest BCUT2D eigenvalue weighted by atomic mass is 35.5. The summed E-state index contributed by atoms with van der Waals surface area (Å²) in [4.78, 5) is 12.4. The van der Waals surface area contributed by atoms with E-state index in [9.17, 15) is 13.2 Å². The summed E-state index contributed by atoms with van der Waals surface area (Å²) in [5.41, 5.74) is 0.895. The molecule has 2 unspecified atom stereocenters. The van der Waals surface area contributed by atoms with Gasteiger partial charge in [-0.15, -0.1) is 12.4 Å². The zero-order chi connectivity index (χ0) is 18.4. The van der Waals surface area contributed by atoms with E-state index in [0.717, 1.165) is 24.9 Å². The third-order valence-corrected chi connectivity index (χ3v) is 6.76. The fourth-order valence-corrected chi connectivity index (χ4v) is 4.64. The molecule has 0 saturated carbocycles. The number of hydrogen-bond donors (Lipinski definition) is 2. The van der Waals surface area contributed by atoms with Crippen molar-refractivity contribution in [3.8, 4) is 0 Å². The van der Waals surface area contributed by atoms with Crippen LogP contribution in [0.25, 0.3) is 0 Å². The van der Waals surface area contributed by atoms with Gasteiger partial charge in [0.15, 0.2) is 0 Å². The molecular formula is C18H30ClN3O3S. The van der Waals surface area contributed by atoms with Crippen molar-refractivity contribution in [2.75, 3.05) is 19.6 Å². The maximum atomic E-state index is 12.5. The van der Waals surface area contributed by atoms with Crippen LogP contribution in [0.1, 0.15) is 51.6 Å². The van der Waals surface area contributed by atoms with Crippen LogP contribution in [0.5, 0.6) is 0 Å². The normalized spacial score (nSPS) is 18.4. The highest BCUT2D eigenvalue weighted by molar-refractivity contribution is 7.89. The molecule has 0 spiro atoms. The number of halogens is 1. The minimum atomic E-state index is -3.44. The maximum absolute atomic E-state index is 12.5. The van der Waals surface area contributed by atoms with Crippen LogP contribution in [-0.2, 0) is 14.8 Å². The van der Waals surface area contributed by atoms with E-state index in [1.165, 1.54) is 4.31 Å². The standard InChI is InChI=1S/C18H29N3O3S.ClH/c1-4-21(5-2)25(23,24)17-10-8-15(9-11-17)14(3)20-18(22)13-16-7-6-12-19-16;/h8-11,14,16,19H,4-7,12-13H2,1-3H3,(H,20,22);1H. The minimum absolute atomic E-state index is 0. The Labute approximate surface area is 163 Å². The molecule has 1 amide bonds. The number of rotatable bonds is 8. The summed E-state index contributed by atoms with van der Waals surface area (Å²) in [6.45, 7) is 7.44. The molecule has 2 rings (SSSR count). The number of nitrogens with zero attached hydrogens (tertiary/aromatic N) is 1. The van der Waals surface area contributed by atoms with Gasteiger partial charge in [0.2, 0.25) is 15.9 Å². The lowest BCUT2D eigenvalue weighted by Crippen LogP contribution is -2.33. The van der Waals surface area contributed by atoms with E-state index >= 15 is 0 Å². The number of nitrogens with one attached hydrogen (secondary N) is 2. The average Bonchev–Trinajstić information content (AvgIpc) is 3.08. The van der Waals surface area contributed by atoms with Gasteiger partial charge in [-0.3, -0.25) is 4.79 Å². The smallest absolute Gasteiger partial charge is 0.243 e. The summed E-state index contributed by atoms with van der Waals surface area (Å²) < 4.78 is 26.4. The second-order valence-corrected chi connectivity index (χ2v) is 8.38. The molecule has 1 heterocycles. The molecule has 1 aromatic carbocycles. The summed E-state index contributed by atoms with van der Waals surface area (Å²) in [5, 5.41) is 6.30. The second kappa shape index (κ2) is 10.3. The topological polar surface area (TPSA) is 78.5 Å². The Morgan fingerprint density at radius 2 is 1.88 bits per heavy atom. The number of benzene rings is 1. The molecule has 148 valence electrons. The van der Waals surface area contributed by atoms with Crippen LogP contribution < -0.4 is 10.6 Å². The molecule has 1 aliphatic rings. The van der Waals surface area contributed by atoms with E-state index in [0.29, 0.717) is 19.5 Å². The summed E-state index contributed by atoms with van der Waals surface area (Å²) >= 11 is 0. The van der Waals surface area contributed by atoms with Gasteiger partial charge in [-0.1, -0.05) is 26.0 Å². The SMILES string of the molecule is CCN(CC)S(=O)(=O)c1ccc(C(C)NC(=O)CC2CCCN2)cc1.Cl. The highest BCUT2D eigenvalue weighted by Crippen LogP contribution is 2.20. The quantitative estimate of drug-likeness (QED) is 0.698. The Kier molecular flexibility index (Phi) is 9.03. The molecule has 26 heavy (non-hydrogen) atoms. The summed E-state index contributed by atoms with van der Waals surface area (Å²) in [7, 11) is -3.44. The molecule has 0 aromatic heterocycles. The van der Waals surface area contributed by atoms with Crippen molar-refractivity contribution in [2.24, 2.45) is 0 Å². The lowest BCUT2D eigenvalue weighted by molar-refractivity contribution is -0.122. The van der Waals surface area contributed by atoms with Gasteiger partial charge < -0.3 is 10.6 Å². The third-order valence-electron chi connectivity index (χ3n) is 4.69. The predicted octanol–water partition coefficient (Wildman–Crippen LogP) is 2.46. The first-order valence-corrected chi connectivity index (χ1v) is 10.4. The average molecular weight is 404 g/mol.